The van der Waals surface area contributed by atoms with Crippen molar-refractivity contribution in [2.45, 2.75) is 6.54 Å². The van der Waals surface area contributed by atoms with Gasteiger partial charge in [0.1, 0.15) is 5.75 Å². The van der Waals surface area contributed by atoms with Gasteiger partial charge >= 0.3 is 0 Å². The summed E-state index contributed by atoms with van der Waals surface area (Å²) < 4.78 is 32.1. The minimum atomic E-state index is -0.864. The predicted molar refractivity (Wildman–Crippen MR) is 73.7 cm³/mol. The standard InChI is InChI=1S/C14H15F2N3O/c1-19(8-9-5-3-4-6-12(9)20-2)14-11(16)7-10(15)13(17)18-14/h3-7H,8H2,1-2H3,(H2,17,18). The van der Waals surface area contributed by atoms with Gasteiger partial charge in [0.25, 0.3) is 0 Å². The molecule has 0 atom stereocenters. The molecule has 0 amide bonds. The number of ether oxygens (including phenoxy) is 1. The molecular weight excluding hydrogens is 264 g/mol. The average Bonchev–Trinajstić information content (AvgIpc) is 2.43. The van der Waals surface area contributed by atoms with Crippen LogP contribution in [0.25, 0.3) is 0 Å². The molecule has 0 unspecified atom stereocenters. The van der Waals surface area contributed by atoms with Gasteiger partial charge in [0.15, 0.2) is 23.3 Å². The summed E-state index contributed by atoms with van der Waals surface area (Å²) >= 11 is 0. The fourth-order valence-corrected chi connectivity index (χ4v) is 1.90. The van der Waals surface area contributed by atoms with E-state index in [1.54, 1.807) is 19.1 Å². The molecule has 0 aliphatic heterocycles. The number of para-hydroxylation sites is 1. The number of anilines is 2. The number of halogens is 2. The van der Waals surface area contributed by atoms with Crippen molar-refractivity contribution < 1.29 is 13.5 Å². The lowest BCUT2D eigenvalue weighted by Gasteiger charge is -2.20. The molecule has 2 rings (SSSR count). The van der Waals surface area contributed by atoms with Crippen LogP contribution in [0.3, 0.4) is 0 Å². The topological polar surface area (TPSA) is 51.4 Å². The number of benzene rings is 1. The Balaban J connectivity index is 2.28. The Bertz CT molecular complexity index is 619. The summed E-state index contributed by atoms with van der Waals surface area (Å²) in [6, 6.07) is 8.11. The van der Waals surface area contributed by atoms with Crippen molar-refractivity contribution in [3.8, 4) is 5.75 Å². The Labute approximate surface area is 115 Å². The van der Waals surface area contributed by atoms with Gasteiger partial charge in [-0.25, -0.2) is 13.8 Å². The van der Waals surface area contributed by atoms with E-state index in [2.05, 4.69) is 4.98 Å². The van der Waals surface area contributed by atoms with Crippen LogP contribution in [0.2, 0.25) is 0 Å². The van der Waals surface area contributed by atoms with E-state index in [9.17, 15) is 8.78 Å². The van der Waals surface area contributed by atoms with Gasteiger partial charge in [-0.05, 0) is 6.07 Å². The SMILES string of the molecule is COc1ccccc1CN(C)c1nc(N)c(F)cc1F. The van der Waals surface area contributed by atoms with Gasteiger partial charge in [-0.1, -0.05) is 18.2 Å². The van der Waals surface area contributed by atoms with Crippen LogP contribution in [0.5, 0.6) is 5.75 Å². The van der Waals surface area contributed by atoms with Crippen molar-refractivity contribution >= 4 is 11.6 Å². The molecule has 0 bridgehead atoms. The zero-order chi connectivity index (χ0) is 14.7. The first-order chi connectivity index (χ1) is 9.52. The molecule has 20 heavy (non-hydrogen) atoms. The highest BCUT2D eigenvalue weighted by atomic mass is 19.1. The second-order valence-corrected chi connectivity index (χ2v) is 4.33. The van der Waals surface area contributed by atoms with Gasteiger partial charge in [0.05, 0.1) is 7.11 Å². The maximum absolute atomic E-state index is 13.7. The summed E-state index contributed by atoms with van der Waals surface area (Å²) in [4.78, 5) is 5.28. The number of methoxy groups -OCH3 is 1. The van der Waals surface area contributed by atoms with E-state index in [1.165, 1.54) is 0 Å². The molecule has 0 fully saturated rings. The van der Waals surface area contributed by atoms with Gasteiger partial charge in [-0.2, -0.15) is 0 Å². The van der Waals surface area contributed by atoms with Crippen LogP contribution in [-0.4, -0.2) is 19.1 Å². The molecule has 0 spiro atoms. The van der Waals surface area contributed by atoms with Crippen molar-refractivity contribution in [2.75, 3.05) is 24.8 Å². The molecule has 1 aromatic heterocycles. The lowest BCUT2D eigenvalue weighted by atomic mass is 10.2. The van der Waals surface area contributed by atoms with E-state index < -0.39 is 11.6 Å². The molecule has 0 radical (unpaired) electrons. The van der Waals surface area contributed by atoms with Crippen LogP contribution >= 0.6 is 0 Å². The zero-order valence-electron chi connectivity index (χ0n) is 11.2. The van der Waals surface area contributed by atoms with Crippen LogP contribution in [0.4, 0.5) is 20.4 Å². The lowest BCUT2D eigenvalue weighted by Crippen LogP contribution is -2.20. The summed E-state index contributed by atoms with van der Waals surface area (Å²) in [7, 11) is 3.21. The molecule has 0 aliphatic carbocycles. The maximum Gasteiger partial charge on any atom is 0.168 e. The van der Waals surface area contributed by atoms with E-state index in [-0.39, 0.29) is 11.6 Å². The zero-order valence-corrected chi connectivity index (χ0v) is 11.2. The lowest BCUT2D eigenvalue weighted by molar-refractivity contribution is 0.409. The molecular formula is C14H15F2N3O. The smallest absolute Gasteiger partial charge is 0.168 e. The molecule has 1 heterocycles. The van der Waals surface area contributed by atoms with E-state index in [0.29, 0.717) is 12.3 Å². The van der Waals surface area contributed by atoms with E-state index in [4.69, 9.17) is 10.5 Å². The third-order valence-electron chi connectivity index (χ3n) is 2.90. The summed E-state index contributed by atoms with van der Waals surface area (Å²) in [6.07, 6.45) is 0. The van der Waals surface area contributed by atoms with Crippen molar-refractivity contribution in [3.63, 3.8) is 0 Å². The number of rotatable bonds is 4. The number of hydrogen-bond donors (Lipinski definition) is 1. The van der Waals surface area contributed by atoms with Crippen molar-refractivity contribution in [1.29, 1.82) is 0 Å². The molecule has 0 aliphatic rings. The Morgan fingerprint density at radius 1 is 1.25 bits per heavy atom. The second kappa shape index (κ2) is 5.73. The maximum atomic E-state index is 13.7. The van der Waals surface area contributed by atoms with E-state index in [1.807, 2.05) is 24.3 Å². The highest BCUT2D eigenvalue weighted by Crippen LogP contribution is 2.24. The second-order valence-electron chi connectivity index (χ2n) is 4.33. The normalized spacial score (nSPS) is 10.4. The van der Waals surface area contributed by atoms with E-state index >= 15 is 0 Å². The van der Waals surface area contributed by atoms with Gasteiger partial charge in [0.2, 0.25) is 0 Å². The van der Waals surface area contributed by atoms with Crippen LogP contribution in [0, 0.1) is 11.6 Å². The Morgan fingerprint density at radius 2 is 1.95 bits per heavy atom. The molecule has 4 nitrogen and oxygen atoms in total. The average molecular weight is 279 g/mol. The van der Waals surface area contributed by atoms with Crippen molar-refractivity contribution in [1.82, 2.24) is 4.98 Å². The van der Waals surface area contributed by atoms with Crippen LogP contribution in [0.15, 0.2) is 30.3 Å². The first-order valence-electron chi connectivity index (χ1n) is 5.97. The number of pyridine rings is 1. The van der Waals surface area contributed by atoms with Gasteiger partial charge in [-0.3, -0.25) is 0 Å². The molecule has 2 aromatic rings. The van der Waals surface area contributed by atoms with Gasteiger partial charge < -0.3 is 15.4 Å². The Morgan fingerprint density at radius 3 is 2.65 bits per heavy atom. The fourth-order valence-electron chi connectivity index (χ4n) is 1.90. The van der Waals surface area contributed by atoms with Crippen molar-refractivity contribution in [3.05, 3.63) is 47.5 Å². The number of aromatic nitrogens is 1. The Hall–Kier alpha value is -2.37. The molecule has 6 heteroatoms. The largest absolute Gasteiger partial charge is 0.496 e. The predicted octanol–water partition coefficient (Wildman–Crippen LogP) is 2.59. The van der Waals surface area contributed by atoms with E-state index in [0.717, 1.165) is 11.6 Å². The third-order valence-corrected chi connectivity index (χ3v) is 2.90. The quantitative estimate of drug-likeness (QED) is 0.934. The molecule has 0 saturated heterocycles. The third kappa shape index (κ3) is 2.79. The fraction of sp³-hybridized carbons (Fsp3) is 0.214. The first kappa shape index (κ1) is 14.0. The van der Waals surface area contributed by atoms with Crippen LogP contribution in [-0.2, 0) is 6.54 Å². The number of nitrogens with two attached hydrogens (primary N) is 1. The number of nitrogens with zero attached hydrogens (tertiary/aromatic N) is 2. The monoisotopic (exact) mass is 279 g/mol. The molecule has 2 N–H and O–H groups in total. The first-order valence-corrected chi connectivity index (χ1v) is 5.97. The van der Waals surface area contributed by atoms with Crippen molar-refractivity contribution in [2.24, 2.45) is 0 Å². The minimum absolute atomic E-state index is 0.00481. The number of nitrogen functional groups attached to an aromatic ring is 1. The summed E-state index contributed by atoms with van der Waals surface area (Å²) in [5, 5.41) is 0. The summed E-state index contributed by atoms with van der Waals surface area (Å²) in [5.74, 6) is -1.26. The summed E-state index contributed by atoms with van der Waals surface area (Å²) in [6.45, 7) is 0.360. The van der Waals surface area contributed by atoms with Crippen LogP contribution < -0.4 is 15.4 Å². The van der Waals surface area contributed by atoms with Gasteiger partial charge in [0, 0.05) is 25.2 Å². The minimum Gasteiger partial charge on any atom is -0.496 e. The highest BCUT2D eigenvalue weighted by molar-refractivity contribution is 5.48. The molecule has 1 aromatic carbocycles. The molecule has 106 valence electrons. The van der Waals surface area contributed by atoms with Crippen LogP contribution in [0.1, 0.15) is 5.56 Å². The molecule has 0 saturated carbocycles. The Kier molecular flexibility index (Phi) is 4.02. The summed E-state index contributed by atoms with van der Waals surface area (Å²) in [5.41, 5.74) is 6.24. The highest BCUT2D eigenvalue weighted by Gasteiger charge is 2.15. The number of hydrogen-bond acceptors (Lipinski definition) is 4. The van der Waals surface area contributed by atoms with Gasteiger partial charge in [-0.15, -0.1) is 0 Å².